The fraction of sp³-hybridized carbons (Fsp3) is 0.367. The van der Waals surface area contributed by atoms with Gasteiger partial charge in [0.15, 0.2) is 0 Å². The molecule has 2 aliphatic heterocycles. The molecule has 1 N–H and O–H groups in total. The fourth-order valence-electron chi connectivity index (χ4n) is 5.12. The Labute approximate surface area is 222 Å². The zero-order valence-corrected chi connectivity index (χ0v) is 22.0. The summed E-state index contributed by atoms with van der Waals surface area (Å²) in [6, 6.07) is 19.2. The van der Waals surface area contributed by atoms with Crippen LogP contribution in [0.15, 0.2) is 72.8 Å². The molecule has 0 saturated carbocycles. The van der Waals surface area contributed by atoms with E-state index in [1.807, 2.05) is 52.0 Å². The number of β-lactam (4-membered cyclic amide) rings is 1. The van der Waals surface area contributed by atoms with E-state index >= 15 is 0 Å². The van der Waals surface area contributed by atoms with Crippen molar-refractivity contribution in [3.05, 3.63) is 95.6 Å². The quantitative estimate of drug-likeness (QED) is 0.332. The Bertz CT molecular complexity index is 1280. The van der Waals surface area contributed by atoms with Gasteiger partial charge in [-0.1, -0.05) is 36.4 Å². The second-order valence-electron chi connectivity index (χ2n) is 11.1. The average Bonchev–Trinajstić information content (AvgIpc) is 3.10. The maximum atomic E-state index is 13.6. The molecule has 8 heteroatoms. The van der Waals surface area contributed by atoms with Crippen molar-refractivity contribution >= 4 is 24.2 Å². The molecule has 0 aliphatic carbocycles. The van der Waals surface area contributed by atoms with Gasteiger partial charge < -0.3 is 19.3 Å². The molecule has 5 nitrogen and oxygen atoms in total. The predicted octanol–water partition coefficient (Wildman–Crippen LogP) is 5.48. The van der Waals surface area contributed by atoms with Gasteiger partial charge >= 0.3 is 7.12 Å². The van der Waals surface area contributed by atoms with Crippen LogP contribution in [0.25, 0.3) is 0 Å². The molecule has 0 radical (unpaired) electrons. The minimum absolute atomic E-state index is 0.0806. The van der Waals surface area contributed by atoms with Crippen LogP contribution in [-0.4, -0.2) is 29.3 Å². The number of amides is 1. The molecule has 2 aliphatic rings. The molecule has 1 amide bonds. The predicted molar refractivity (Wildman–Crippen MR) is 143 cm³/mol. The second-order valence-corrected chi connectivity index (χ2v) is 11.1. The van der Waals surface area contributed by atoms with Gasteiger partial charge in [0, 0.05) is 5.69 Å². The topological polar surface area (TPSA) is 59.0 Å². The zero-order chi connectivity index (χ0) is 27.2. The lowest BCUT2D eigenvalue weighted by molar-refractivity contribution is -0.131. The number of aliphatic hydroxyl groups excluding tert-OH is 1. The maximum Gasteiger partial charge on any atom is 0.494 e. The summed E-state index contributed by atoms with van der Waals surface area (Å²) in [6.07, 6.45) is -0.0183. The molecular formula is C30H32BF2NO4. The summed E-state index contributed by atoms with van der Waals surface area (Å²) in [4.78, 5) is 15.0. The Morgan fingerprint density at radius 2 is 1.39 bits per heavy atom. The monoisotopic (exact) mass is 519 g/mol. The van der Waals surface area contributed by atoms with Gasteiger partial charge in [-0.15, -0.1) is 0 Å². The van der Waals surface area contributed by atoms with Crippen molar-refractivity contribution in [1.82, 2.24) is 0 Å². The lowest BCUT2D eigenvalue weighted by atomic mass is 9.75. The van der Waals surface area contributed by atoms with Crippen LogP contribution in [0.2, 0.25) is 0 Å². The third-order valence-corrected chi connectivity index (χ3v) is 8.13. The van der Waals surface area contributed by atoms with E-state index < -0.39 is 24.4 Å². The normalized spacial score (nSPS) is 22.9. The SMILES string of the molecule is CC1(C)OB(c2ccc(C3C(CC[C@H](O)c4ccc(F)cc4)C(=O)N3c3ccc(F)cc3)cc2)OC1(C)C. The van der Waals surface area contributed by atoms with Crippen molar-refractivity contribution in [3.63, 3.8) is 0 Å². The van der Waals surface area contributed by atoms with E-state index in [1.165, 1.54) is 24.3 Å². The number of benzene rings is 3. The fourth-order valence-corrected chi connectivity index (χ4v) is 5.12. The molecule has 2 heterocycles. The van der Waals surface area contributed by atoms with Gasteiger partial charge in [-0.25, -0.2) is 8.78 Å². The molecule has 3 aromatic carbocycles. The van der Waals surface area contributed by atoms with Gasteiger partial charge in [-0.3, -0.25) is 4.79 Å². The molecule has 5 rings (SSSR count). The van der Waals surface area contributed by atoms with E-state index in [1.54, 1.807) is 29.2 Å². The van der Waals surface area contributed by atoms with Crippen LogP contribution in [0.3, 0.4) is 0 Å². The number of anilines is 1. The molecule has 0 spiro atoms. The van der Waals surface area contributed by atoms with Crippen molar-refractivity contribution in [3.8, 4) is 0 Å². The third-order valence-electron chi connectivity index (χ3n) is 8.13. The van der Waals surface area contributed by atoms with Gasteiger partial charge in [0.25, 0.3) is 0 Å². The number of carbonyl (C=O) groups excluding carboxylic acids is 1. The van der Waals surface area contributed by atoms with Crippen LogP contribution in [0.4, 0.5) is 14.5 Å². The number of aliphatic hydroxyl groups is 1. The number of hydrogen-bond acceptors (Lipinski definition) is 4. The molecule has 198 valence electrons. The van der Waals surface area contributed by atoms with E-state index in [9.17, 15) is 18.7 Å². The zero-order valence-electron chi connectivity index (χ0n) is 22.0. The van der Waals surface area contributed by atoms with Crippen LogP contribution in [0, 0.1) is 17.6 Å². The van der Waals surface area contributed by atoms with E-state index in [-0.39, 0.29) is 29.5 Å². The highest BCUT2D eigenvalue weighted by atomic mass is 19.1. The molecule has 3 atom stereocenters. The van der Waals surface area contributed by atoms with Gasteiger partial charge in [0.1, 0.15) is 11.6 Å². The maximum absolute atomic E-state index is 13.6. The number of halogens is 2. The lowest BCUT2D eigenvalue weighted by Crippen LogP contribution is -2.55. The van der Waals surface area contributed by atoms with Gasteiger partial charge in [-0.2, -0.15) is 0 Å². The van der Waals surface area contributed by atoms with Crippen LogP contribution in [0.1, 0.15) is 63.8 Å². The van der Waals surface area contributed by atoms with Gasteiger partial charge in [-0.05, 0) is 93.5 Å². The summed E-state index contributed by atoms with van der Waals surface area (Å²) in [7, 11) is -0.494. The molecule has 2 saturated heterocycles. The van der Waals surface area contributed by atoms with Gasteiger partial charge in [0.2, 0.25) is 5.91 Å². The van der Waals surface area contributed by atoms with E-state index in [0.717, 1.165) is 11.0 Å². The molecular weight excluding hydrogens is 487 g/mol. The summed E-state index contributed by atoms with van der Waals surface area (Å²) < 4.78 is 39.2. The minimum atomic E-state index is -0.810. The van der Waals surface area contributed by atoms with E-state index in [0.29, 0.717) is 24.1 Å². The minimum Gasteiger partial charge on any atom is -0.399 e. The summed E-state index contributed by atoms with van der Waals surface area (Å²) in [5.74, 6) is -1.18. The molecule has 38 heavy (non-hydrogen) atoms. The Hall–Kier alpha value is -3.07. The van der Waals surface area contributed by atoms with Gasteiger partial charge in [0.05, 0.1) is 29.3 Å². The average molecular weight is 519 g/mol. The Morgan fingerprint density at radius 3 is 1.95 bits per heavy atom. The smallest absolute Gasteiger partial charge is 0.399 e. The Morgan fingerprint density at radius 1 is 0.868 bits per heavy atom. The van der Waals surface area contributed by atoms with Crippen LogP contribution < -0.4 is 10.4 Å². The van der Waals surface area contributed by atoms with Crippen molar-refractivity contribution in [2.75, 3.05) is 4.90 Å². The third kappa shape index (κ3) is 4.88. The summed E-state index contributed by atoms with van der Waals surface area (Å²) in [6.45, 7) is 8.03. The molecule has 3 aromatic rings. The first-order valence-electron chi connectivity index (χ1n) is 12.9. The van der Waals surface area contributed by atoms with E-state index in [2.05, 4.69) is 0 Å². The number of rotatable bonds is 7. The second kappa shape index (κ2) is 9.91. The lowest BCUT2D eigenvalue weighted by Gasteiger charge is -2.48. The molecule has 0 bridgehead atoms. The number of hydrogen-bond donors (Lipinski definition) is 1. The molecule has 0 aromatic heterocycles. The van der Waals surface area contributed by atoms with Crippen LogP contribution >= 0.6 is 0 Å². The molecule has 2 unspecified atom stereocenters. The first-order chi connectivity index (χ1) is 18.0. The molecule has 2 fully saturated rings. The van der Waals surface area contributed by atoms with E-state index in [4.69, 9.17) is 9.31 Å². The standard InChI is InChI=1S/C30H32BF2NO4/c1-29(2)30(3,4)38-31(37-29)21-9-5-20(6-10-21)27-25(17-18-26(35)19-7-11-22(32)12-8-19)28(36)34(27)24-15-13-23(33)14-16-24/h5-16,25-27,35H,17-18H2,1-4H3/t25?,26-,27?/m0/s1. The van der Waals surface area contributed by atoms with Crippen LogP contribution in [-0.2, 0) is 14.1 Å². The van der Waals surface area contributed by atoms with Crippen molar-refractivity contribution in [2.45, 2.75) is 63.9 Å². The van der Waals surface area contributed by atoms with Crippen LogP contribution in [0.5, 0.6) is 0 Å². The highest BCUT2D eigenvalue weighted by molar-refractivity contribution is 6.62. The number of carbonyl (C=O) groups is 1. The summed E-state index contributed by atoms with van der Waals surface area (Å²) in [5.41, 5.74) is 2.13. The highest BCUT2D eigenvalue weighted by Crippen LogP contribution is 2.46. The number of nitrogens with zero attached hydrogens (tertiary/aromatic N) is 1. The Kier molecular flexibility index (Phi) is 6.92. The van der Waals surface area contributed by atoms with Crippen molar-refractivity contribution in [1.29, 1.82) is 0 Å². The first kappa shape index (κ1) is 26.5. The summed E-state index contributed by atoms with van der Waals surface area (Å²) in [5, 5.41) is 10.7. The van der Waals surface area contributed by atoms with Crippen molar-refractivity contribution in [2.24, 2.45) is 5.92 Å². The first-order valence-corrected chi connectivity index (χ1v) is 12.9. The highest BCUT2D eigenvalue weighted by Gasteiger charge is 2.52. The van der Waals surface area contributed by atoms with Crippen molar-refractivity contribution < 1.29 is 28.0 Å². The Balaban J connectivity index is 1.37. The largest absolute Gasteiger partial charge is 0.494 e. The summed E-state index contributed by atoms with van der Waals surface area (Å²) >= 11 is 0.